The van der Waals surface area contributed by atoms with Crippen LogP contribution in [0.25, 0.3) is 0 Å². The van der Waals surface area contributed by atoms with E-state index in [1.807, 2.05) is 0 Å². The highest BCUT2D eigenvalue weighted by molar-refractivity contribution is 7.13. The Bertz CT molecular complexity index is 1080. The third-order valence-electron chi connectivity index (χ3n) is 5.26. The summed E-state index contributed by atoms with van der Waals surface area (Å²) in [5.41, 5.74) is 0.539. The van der Waals surface area contributed by atoms with Crippen molar-refractivity contribution in [1.82, 2.24) is 15.2 Å². The molecule has 0 aliphatic rings. The maximum atomic E-state index is 13.4. The standard InChI is InChI=1S/C25H30N4O5S/c1-17(2)11-12-26-24(33)23(18-5-7-19(30)8-6-18)29(16-20-4-3-14-34-20)22(32)10-9-21(31)28-25-27-13-15-35-25/h3-8,13-15,17,23,30H,9-12,16H2,1-2H3,(H,26,33)(H,27,28,31)/t23-/m0/s1. The van der Waals surface area contributed by atoms with E-state index in [2.05, 4.69) is 29.5 Å². The van der Waals surface area contributed by atoms with Crippen LogP contribution in [0.15, 0.2) is 58.7 Å². The number of carbonyl (C=O) groups excluding carboxylic acids is 3. The molecule has 0 saturated carbocycles. The number of aromatic hydroxyl groups is 1. The molecule has 1 atom stereocenters. The zero-order valence-electron chi connectivity index (χ0n) is 19.8. The number of aromatic nitrogens is 1. The summed E-state index contributed by atoms with van der Waals surface area (Å²) in [4.78, 5) is 44.5. The van der Waals surface area contributed by atoms with E-state index in [0.717, 1.165) is 6.42 Å². The van der Waals surface area contributed by atoms with Gasteiger partial charge in [0.1, 0.15) is 17.6 Å². The van der Waals surface area contributed by atoms with Crippen molar-refractivity contribution in [2.45, 2.75) is 45.7 Å². The van der Waals surface area contributed by atoms with Gasteiger partial charge in [-0.25, -0.2) is 4.98 Å². The number of amides is 3. The third-order valence-corrected chi connectivity index (χ3v) is 5.95. The minimum atomic E-state index is -0.970. The first-order valence-corrected chi connectivity index (χ1v) is 12.3. The molecule has 0 aliphatic carbocycles. The molecule has 2 aromatic heterocycles. The molecule has 1 aromatic carbocycles. The Morgan fingerprint density at radius 2 is 1.91 bits per heavy atom. The lowest BCUT2D eigenvalue weighted by Gasteiger charge is -2.31. The van der Waals surface area contributed by atoms with Gasteiger partial charge in [0.15, 0.2) is 5.13 Å². The quantitative estimate of drug-likeness (QED) is 0.345. The van der Waals surface area contributed by atoms with Crippen molar-refractivity contribution < 1.29 is 23.9 Å². The molecule has 2 heterocycles. The summed E-state index contributed by atoms with van der Waals surface area (Å²) < 4.78 is 5.46. The fourth-order valence-electron chi connectivity index (χ4n) is 3.44. The van der Waals surface area contributed by atoms with Crippen molar-refractivity contribution in [3.8, 4) is 5.75 Å². The molecule has 3 N–H and O–H groups in total. The summed E-state index contributed by atoms with van der Waals surface area (Å²) >= 11 is 1.29. The number of furan rings is 1. The Balaban J connectivity index is 1.82. The fourth-order valence-corrected chi connectivity index (χ4v) is 3.98. The molecule has 9 nitrogen and oxygen atoms in total. The second-order valence-electron chi connectivity index (χ2n) is 8.45. The summed E-state index contributed by atoms with van der Waals surface area (Å²) in [6.07, 6.45) is 3.70. The topological polar surface area (TPSA) is 125 Å². The Morgan fingerprint density at radius 1 is 1.14 bits per heavy atom. The number of anilines is 1. The first kappa shape index (κ1) is 26.0. The van der Waals surface area contributed by atoms with Crippen LogP contribution >= 0.6 is 11.3 Å². The fraction of sp³-hybridized carbons (Fsp3) is 0.360. The molecule has 0 unspecified atom stereocenters. The van der Waals surface area contributed by atoms with Crippen molar-refractivity contribution in [3.63, 3.8) is 0 Å². The Hall–Kier alpha value is -3.66. The maximum Gasteiger partial charge on any atom is 0.247 e. The van der Waals surface area contributed by atoms with Crippen LogP contribution in [-0.4, -0.2) is 39.3 Å². The molecule has 0 bridgehead atoms. The molecular weight excluding hydrogens is 468 g/mol. The van der Waals surface area contributed by atoms with Gasteiger partial charge in [0, 0.05) is 31.0 Å². The SMILES string of the molecule is CC(C)CCNC(=O)[C@H](c1ccc(O)cc1)N(Cc1ccco1)C(=O)CCC(=O)Nc1nccs1. The van der Waals surface area contributed by atoms with Crippen molar-refractivity contribution in [1.29, 1.82) is 0 Å². The van der Waals surface area contributed by atoms with E-state index in [-0.39, 0.29) is 42.9 Å². The number of hydrogen-bond acceptors (Lipinski definition) is 7. The predicted molar refractivity (Wildman–Crippen MR) is 133 cm³/mol. The summed E-state index contributed by atoms with van der Waals surface area (Å²) in [6, 6.07) is 8.63. The normalized spacial score (nSPS) is 11.7. The molecule has 10 heteroatoms. The van der Waals surface area contributed by atoms with E-state index in [9.17, 15) is 19.5 Å². The molecule has 0 fully saturated rings. The summed E-state index contributed by atoms with van der Waals surface area (Å²) in [5.74, 6) is -0.107. The van der Waals surface area contributed by atoms with E-state index in [4.69, 9.17) is 4.42 Å². The van der Waals surface area contributed by atoms with Gasteiger partial charge in [-0.3, -0.25) is 14.4 Å². The van der Waals surface area contributed by atoms with E-state index in [1.165, 1.54) is 34.6 Å². The molecule has 3 aromatic rings. The smallest absolute Gasteiger partial charge is 0.247 e. The van der Waals surface area contributed by atoms with E-state index in [0.29, 0.717) is 28.9 Å². The number of hydrogen-bond donors (Lipinski definition) is 3. The Morgan fingerprint density at radius 3 is 2.54 bits per heavy atom. The van der Waals surface area contributed by atoms with Gasteiger partial charge in [-0.2, -0.15) is 0 Å². The largest absolute Gasteiger partial charge is 0.508 e. The second-order valence-corrected chi connectivity index (χ2v) is 9.35. The molecule has 0 aliphatic heterocycles. The number of phenols is 1. The first-order valence-electron chi connectivity index (χ1n) is 11.4. The minimum Gasteiger partial charge on any atom is -0.508 e. The number of thiazole rings is 1. The molecule has 3 rings (SSSR count). The molecule has 3 amide bonds. The monoisotopic (exact) mass is 498 g/mol. The summed E-state index contributed by atoms with van der Waals surface area (Å²) in [5, 5.41) is 17.5. The summed E-state index contributed by atoms with van der Waals surface area (Å²) in [6.45, 7) is 4.63. The van der Waals surface area contributed by atoms with Crippen LogP contribution in [-0.2, 0) is 20.9 Å². The van der Waals surface area contributed by atoms with Gasteiger partial charge in [-0.05, 0) is 42.2 Å². The number of benzene rings is 1. The molecule has 35 heavy (non-hydrogen) atoms. The number of nitrogens with one attached hydrogen (secondary N) is 2. The lowest BCUT2D eigenvalue weighted by molar-refractivity contribution is -0.142. The van der Waals surface area contributed by atoms with Crippen LogP contribution in [0.2, 0.25) is 0 Å². The van der Waals surface area contributed by atoms with Crippen LogP contribution in [0.5, 0.6) is 5.75 Å². The van der Waals surface area contributed by atoms with Crippen molar-refractivity contribution >= 4 is 34.2 Å². The average Bonchev–Trinajstić information content (AvgIpc) is 3.52. The number of carbonyl (C=O) groups is 3. The van der Waals surface area contributed by atoms with Gasteiger partial charge in [-0.15, -0.1) is 11.3 Å². The minimum absolute atomic E-state index is 0.0447. The zero-order chi connectivity index (χ0) is 25.2. The van der Waals surface area contributed by atoms with Gasteiger partial charge in [0.2, 0.25) is 17.7 Å². The lowest BCUT2D eigenvalue weighted by atomic mass is 10.0. The van der Waals surface area contributed by atoms with Crippen LogP contribution in [0.1, 0.15) is 50.5 Å². The second kappa shape index (κ2) is 12.7. The predicted octanol–water partition coefficient (Wildman–Crippen LogP) is 4.09. The van der Waals surface area contributed by atoms with Crippen LogP contribution in [0.4, 0.5) is 5.13 Å². The van der Waals surface area contributed by atoms with Crippen molar-refractivity contribution in [3.05, 3.63) is 65.6 Å². The molecule has 0 saturated heterocycles. The first-order chi connectivity index (χ1) is 16.8. The maximum absolute atomic E-state index is 13.4. The molecule has 0 radical (unpaired) electrons. The molecule has 0 spiro atoms. The number of nitrogens with zero attached hydrogens (tertiary/aromatic N) is 2. The van der Waals surface area contributed by atoms with Crippen LogP contribution < -0.4 is 10.6 Å². The van der Waals surface area contributed by atoms with E-state index in [1.54, 1.807) is 35.8 Å². The highest BCUT2D eigenvalue weighted by Gasteiger charge is 2.32. The van der Waals surface area contributed by atoms with Gasteiger partial charge >= 0.3 is 0 Å². The Kier molecular flexibility index (Phi) is 9.42. The summed E-state index contributed by atoms with van der Waals surface area (Å²) in [7, 11) is 0. The highest BCUT2D eigenvalue weighted by atomic mass is 32.1. The number of rotatable bonds is 12. The van der Waals surface area contributed by atoms with Gasteiger partial charge in [0.25, 0.3) is 0 Å². The molecule has 186 valence electrons. The highest BCUT2D eigenvalue weighted by Crippen LogP contribution is 2.27. The number of phenolic OH excluding ortho intramolecular Hbond substituents is 1. The van der Waals surface area contributed by atoms with Gasteiger partial charge in [-0.1, -0.05) is 26.0 Å². The lowest BCUT2D eigenvalue weighted by Crippen LogP contribution is -2.44. The zero-order valence-corrected chi connectivity index (χ0v) is 20.6. The van der Waals surface area contributed by atoms with Crippen molar-refractivity contribution in [2.24, 2.45) is 5.92 Å². The third kappa shape index (κ3) is 7.96. The van der Waals surface area contributed by atoms with E-state index >= 15 is 0 Å². The van der Waals surface area contributed by atoms with Gasteiger partial charge in [0.05, 0.1) is 12.8 Å². The van der Waals surface area contributed by atoms with Gasteiger partial charge < -0.3 is 25.1 Å². The molecular formula is C25H30N4O5S. The average molecular weight is 499 g/mol. The Labute approximate surface area is 208 Å². The van der Waals surface area contributed by atoms with Crippen LogP contribution in [0.3, 0.4) is 0 Å². The van der Waals surface area contributed by atoms with Crippen molar-refractivity contribution in [2.75, 3.05) is 11.9 Å². The van der Waals surface area contributed by atoms with Crippen LogP contribution in [0, 0.1) is 5.92 Å². The van der Waals surface area contributed by atoms with E-state index < -0.39 is 6.04 Å².